The first kappa shape index (κ1) is 28.4. The average molecular weight is 605 g/mol. The van der Waals surface area contributed by atoms with E-state index in [1.807, 2.05) is 10.6 Å². The maximum atomic E-state index is 14.5. The maximum Gasteiger partial charge on any atom is 0.261 e. The summed E-state index contributed by atoms with van der Waals surface area (Å²) in [6.45, 7) is 1.70. The van der Waals surface area contributed by atoms with Crippen molar-refractivity contribution in [1.29, 1.82) is 0 Å². The monoisotopic (exact) mass is 604 g/mol. The number of carbonyl (C=O) groups is 2. The van der Waals surface area contributed by atoms with Gasteiger partial charge in [-0.05, 0) is 66.9 Å². The van der Waals surface area contributed by atoms with Gasteiger partial charge in [0, 0.05) is 48.6 Å². The Balaban J connectivity index is 1.34. The van der Waals surface area contributed by atoms with Gasteiger partial charge in [0.25, 0.3) is 17.4 Å². The van der Waals surface area contributed by atoms with Gasteiger partial charge in [0.15, 0.2) is 0 Å². The molecule has 43 heavy (non-hydrogen) atoms. The van der Waals surface area contributed by atoms with E-state index in [1.54, 1.807) is 42.5 Å². The van der Waals surface area contributed by atoms with Crippen molar-refractivity contribution in [3.63, 3.8) is 0 Å². The Hall–Kier alpha value is -4.70. The number of piperidine rings is 1. The number of halogens is 3. The summed E-state index contributed by atoms with van der Waals surface area (Å²) in [5.41, 5.74) is 1.63. The first-order chi connectivity index (χ1) is 20.7. The fourth-order valence-electron chi connectivity index (χ4n) is 5.99. The van der Waals surface area contributed by atoms with Gasteiger partial charge in [-0.3, -0.25) is 14.4 Å². The van der Waals surface area contributed by atoms with Crippen LogP contribution in [0.5, 0.6) is 5.75 Å². The van der Waals surface area contributed by atoms with E-state index in [0.29, 0.717) is 41.8 Å². The van der Waals surface area contributed by atoms with E-state index in [9.17, 15) is 23.2 Å². The Morgan fingerprint density at radius 3 is 2.42 bits per heavy atom. The van der Waals surface area contributed by atoms with Crippen molar-refractivity contribution < 1.29 is 23.1 Å². The molecule has 3 heterocycles. The molecule has 2 N–H and O–H groups in total. The first-order valence-electron chi connectivity index (χ1n) is 13.7. The van der Waals surface area contributed by atoms with Gasteiger partial charge in [-0.1, -0.05) is 23.7 Å². The molecular formula is C32H27ClF2N4O4. The molecule has 0 aliphatic carbocycles. The molecular weight excluding hydrogens is 578 g/mol. The Kier molecular flexibility index (Phi) is 7.62. The van der Waals surface area contributed by atoms with Crippen molar-refractivity contribution >= 4 is 40.5 Å². The van der Waals surface area contributed by atoms with Crippen LogP contribution in [0.15, 0.2) is 77.6 Å². The summed E-state index contributed by atoms with van der Waals surface area (Å²) in [4.78, 5) is 41.0. The van der Waals surface area contributed by atoms with Gasteiger partial charge in [-0.2, -0.15) is 0 Å². The molecule has 220 valence electrons. The number of aromatic nitrogens is 1. The number of benzene rings is 3. The van der Waals surface area contributed by atoms with E-state index >= 15 is 0 Å². The van der Waals surface area contributed by atoms with Crippen molar-refractivity contribution in [3.05, 3.63) is 117 Å². The first-order valence-corrected chi connectivity index (χ1v) is 14.1. The number of hydrogen-bond acceptors (Lipinski definition) is 5. The number of anilines is 3. The van der Waals surface area contributed by atoms with Crippen LogP contribution in [-0.2, 0) is 6.54 Å². The van der Waals surface area contributed by atoms with E-state index in [0.717, 1.165) is 24.2 Å². The number of carbonyl (C=O) groups excluding carboxylic acids is 2. The summed E-state index contributed by atoms with van der Waals surface area (Å²) in [6, 6.07) is 18.1. The third kappa shape index (κ3) is 5.58. The second kappa shape index (κ2) is 11.5. The van der Waals surface area contributed by atoms with Crippen molar-refractivity contribution in [2.45, 2.75) is 18.9 Å². The van der Waals surface area contributed by atoms with Crippen LogP contribution in [-0.4, -0.2) is 36.6 Å². The molecule has 6 rings (SSSR count). The molecule has 2 aliphatic heterocycles. The van der Waals surface area contributed by atoms with Crippen LogP contribution in [0.4, 0.5) is 25.8 Å². The van der Waals surface area contributed by atoms with Gasteiger partial charge < -0.3 is 24.8 Å². The van der Waals surface area contributed by atoms with E-state index in [-0.39, 0.29) is 28.6 Å². The summed E-state index contributed by atoms with van der Waals surface area (Å²) < 4.78 is 36.0. The largest absolute Gasteiger partial charge is 0.495 e. The van der Waals surface area contributed by atoms with Gasteiger partial charge >= 0.3 is 0 Å². The second-order valence-corrected chi connectivity index (χ2v) is 11.1. The quantitative estimate of drug-likeness (QED) is 0.285. The zero-order chi connectivity index (χ0) is 30.2. The van der Waals surface area contributed by atoms with Crippen molar-refractivity contribution in [1.82, 2.24) is 4.57 Å². The fourth-order valence-corrected chi connectivity index (χ4v) is 6.25. The lowest BCUT2D eigenvalue weighted by molar-refractivity contribution is 0.101. The highest BCUT2D eigenvalue weighted by Gasteiger charge is 2.35. The number of hydrogen-bond donors (Lipinski definition) is 2. The third-order valence-corrected chi connectivity index (χ3v) is 8.22. The number of ether oxygens (including phenoxy) is 1. The fraction of sp³-hybridized carbons (Fsp3) is 0.219. The van der Waals surface area contributed by atoms with Crippen LogP contribution < -0.4 is 25.8 Å². The smallest absolute Gasteiger partial charge is 0.261 e. The topological polar surface area (TPSA) is 92.7 Å². The molecule has 1 aromatic heterocycles. The lowest BCUT2D eigenvalue weighted by Crippen LogP contribution is -2.47. The lowest BCUT2D eigenvalue weighted by Gasteiger charge is -2.44. The van der Waals surface area contributed by atoms with Crippen LogP contribution in [0.25, 0.3) is 0 Å². The number of nitrogens with one attached hydrogen (secondary N) is 2. The molecule has 0 saturated carbocycles. The number of pyridine rings is 1. The van der Waals surface area contributed by atoms with Crippen molar-refractivity contribution in [2.24, 2.45) is 5.92 Å². The number of rotatable bonds is 6. The minimum atomic E-state index is -1.00. The molecule has 2 atom stereocenters. The Morgan fingerprint density at radius 2 is 1.67 bits per heavy atom. The molecule has 3 aromatic carbocycles. The highest BCUT2D eigenvalue weighted by Crippen LogP contribution is 2.39. The van der Waals surface area contributed by atoms with Gasteiger partial charge in [0.1, 0.15) is 22.9 Å². The molecule has 1 saturated heterocycles. The number of nitrogens with zero attached hydrogens (tertiary/aromatic N) is 2. The summed E-state index contributed by atoms with van der Waals surface area (Å²) in [7, 11) is 1.48. The highest BCUT2D eigenvalue weighted by atomic mass is 35.5. The summed E-state index contributed by atoms with van der Waals surface area (Å²) in [5, 5.41) is 5.74. The Bertz CT molecular complexity index is 1790. The molecule has 0 spiro atoms. The number of amides is 2. The summed E-state index contributed by atoms with van der Waals surface area (Å²) in [5.74, 6) is -2.78. The molecule has 11 heteroatoms. The molecule has 2 amide bonds. The van der Waals surface area contributed by atoms with Gasteiger partial charge in [0.05, 0.1) is 23.5 Å². The van der Waals surface area contributed by atoms with Crippen LogP contribution in [0.2, 0.25) is 5.02 Å². The Labute approximate surface area is 250 Å². The molecule has 8 nitrogen and oxygen atoms in total. The predicted octanol–water partition coefficient (Wildman–Crippen LogP) is 5.92. The summed E-state index contributed by atoms with van der Waals surface area (Å²) >= 11 is 6.20. The van der Waals surface area contributed by atoms with Crippen LogP contribution in [0, 0.1) is 17.6 Å². The van der Waals surface area contributed by atoms with Gasteiger partial charge in [0.2, 0.25) is 0 Å². The minimum absolute atomic E-state index is 0.0333. The van der Waals surface area contributed by atoms with E-state index in [4.69, 9.17) is 16.3 Å². The standard InChI is InChI=1S/C32H27ClF2N4O4/c1-43-28-11-9-21(14-22(28)33)36-31(41)19-8-10-27(25(13-19)37-32(42)30-23(34)4-2-5-24(30)35)38-15-18-12-20(17-38)26-6-3-7-29(40)39(26)16-18/h2-11,13-14,18,20H,12,15-17H2,1H3,(H,36,41)(H,37,42)/t18-,20+/m1/s1. The molecule has 1 fully saturated rings. The zero-order valence-corrected chi connectivity index (χ0v) is 23.8. The van der Waals surface area contributed by atoms with Crippen LogP contribution in [0.1, 0.15) is 38.7 Å². The molecule has 0 radical (unpaired) electrons. The van der Waals surface area contributed by atoms with Crippen LogP contribution in [0.3, 0.4) is 0 Å². The summed E-state index contributed by atoms with van der Waals surface area (Å²) in [6.07, 6.45) is 0.910. The SMILES string of the molecule is COc1ccc(NC(=O)c2ccc(N3C[C@H]4C[C@@H](C3)c3cccc(=O)n3C4)c(NC(=O)c3c(F)cccc3F)c2)cc1Cl. The second-order valence-electron chi connectivity index (χ2n) is 10.7. The Morgan fingerprint density at radius 1 is 0.907 bits per heavy atom. The number of fused-ring (bicyclic) bond motifs is 4. The third-order valence-electron chi connectivity index (χ3n) is 7.93. The minimum Gasteiger partial charge on any atom is -0.495 e. The highest BCUT2D eigenvalue weighted by molar-refractivity contribution is 6.32. The molecule has 2 aliphatic rings. The normalized spacial score (nSPS) is 17.2. The molecule has 2 bridgehead atoms. The van der Waals surface area contributed by atoms with E-state index < -0.39 is 29.0 Å². The maximum absolute atomic E-state index is 14.5. The van der Waals surface area contributed by atoms with Crippen molar-refractivity contribution in [2.75, 3.05) is 35.7 Å². The predicted molar refractivity (Wildman–Crippen MR) is 160 cm³/mol. The van der Waals surface area contributed by atoms with Crippen molar-refractivity contribution in [3.8, 4) is 5.75 Å². The lowest BCUT2D eigenvalue weighted by atomic mass is 9.83. The van der Waals surface area contributed by atoms with Gasteiger partial charge in [-0.15, -0.1) is 0 Å². The number of methoxy groups -OCH3 is 1. The van der Waals surface area contributed by atoms with E-state index in [2.05, 4.69) is 15.5 Å². The average Bonchev–Trinajstić information content (AvgIpc) is 2.97. The molecule has 4 aromatic rings. The van der Waals surface area contributed by atoms with Gasteiger partial charge in [-0.25, -0.2) is 8.78 Å². The molecule has 0 unspecified atom stereocenters. The van der Waals surface area contributed by atoms with E-state index in [1.165, 1.54) is 19.2 Å². The van der Waals surface area contributed by atoms with Crippen LogP contribution >= 0.6 is 11.6 Å². The zero-order valence-electron chi connectivity index (χ0n) is 23.1.